The highest BCUT2D eigenvalue weighted by atomic mass is 35.5. The van der Waals surface area contributed by atoms with Gasteiger partial charge in [-0.05, 0) is 69.5 Å². The van der Waals surface area contributed by atoms with Crippen LogP contribution >= 0.6 is 12.4 Å². The maximum absolute atomic E-state index is 12.9. The summed E-state index contributed by atoms with van der Waals surface area (Å²) in [5, 5.41) is 9.69. The molecule has 0 atom stereocenters. The first-order chi connectivity index (χ1) is 12.4. The van der Waals surface area contributed by atoms with E-state index in [1.54, 1.807) is 30.4 Å². The van der Waals surface area contributed by atoms with Crippen LogP contribution in [-0.2, 0) is 4.79 Å². The molecule has 1 amide bonds. The van der Waals surface area contributed by atoms with Gasteiger partial charge in [-0.15, -0.1) is 12.4 Å². The van der Waals surface area contributed by atoms with E-state index in [0.29, 0.717) is 11.8 Å². The zero-order valence-electron chi connectivity index (χ0n) is 16.9. The molecule has 1 aromatic carbocycles. The summed E-state index contributed by atoms with van der Waals surface area (Å²) in [7, 11) is 5.58. The quantitative estimate of drug-likeness (QED) is 0.712. The standard InChI is InChI=1S/C21H32N2O3.ClH/c1-16-5-9-18(10-6-16)23(14-13-22(2)3)21(25)12-8-17-7-11-19(24)20(15-17)26-4;/h7-8,11-12,15-16,18,24H,5-6,9-10,13-14H2,1-4H3;1H. The van der Waals surface area contributed by atoms with Crippen molar-refractivity contribution in [3.8, 4) is 11.5 Å². The molecule has 27 heavy (non-hydrogen) atoms. The van der Waals surface area contributed by atoms with Gasteiger partial charge >= 0.3 is 0 Å². The number of likely N-dealkylation sites (N-methyl/N-ethyl adjacent to an activating group) is 1. The van der Waals surface area contributed by atoms with E-state index in [9.17, 15) is 9.90 Å². The minimum Gasteiger partial charge on any atom is -0.504 e. The van der Waals surface area contributed by atoms with Gasteiger partial charge < -0.3 is 19.6 Å². The number of ether oxygens (including phenoxy) is 1. The number of rotatable bonds is 7. The molecule has 152 valence electrons. The fraction of sp³-hybridized carbons (Fsp3) is 0.571. The van der Waals surface area contributed by atoms with Crippen molar-refractivity contribution in [3.05, 3.63) is 29.8 Å². The van der Waals surface area contributed by atoms with Crippen LogP contribution in [0.15, 0.2) is 24.3 Å². The molecule has 0 heterocycles. The number of hydrogen-bond donors (Lipinski definition) is 1. The summed E-state index contributed by atoms with van der Waals surface area (Å²) < 4.78 is 5.13. The Morgan fingerprint density at radius 3 is 2.48 bits per heavy atom. The molecule has 1 aliphatic carbocycles. The second-order valence-electron chi connectivity index (χ2n) is 7.51. The summed E-state index contributed by atoms with van der Waals surface area (Å²) in [5.41, 5.74) is 0.831. The van der Waals surface area contributed by atoms with E-state index in [1.165, 1.54) is 20.0 Å². The highest BCUT2D eigenvalue weighted by Crippen LogP contribution is 2.28. The molecule has 1 aliphatic rings. The first-order valence-electron chi connectivity index (χ1n) is 9.41. The lowest BCUT2D eigenvalue weighted by molar-refractivity contribution is -0.129. The normalized spacial score (nSPS) is 19.7. The van der Waals surface area contributed by atoms with Crippen LogP contribution in [0, 0.1) is 5.92 Å². The van der Waals surface area contributed by atoms with E-state index < -0.39 is 0 Å². The number of carbonyl (C=O) groups is 1. The van der Waals surface area contributed by atoms with E-state index in [-0.39, 0.29) is 24.1 Å². The monoisotopic (exact) mass is 396 g/mol. The molecule has 0 unspecified atom stereocenters. The van der Waals surface area contributed by atoms with Crippen LogP contribution in [-0.4, -0.2) is 61.2 Å². The maximum Gasteiger partial charge on any atom is 0.246 e. The molecule has 0 bridgehead atoms. The SMILES string of the molecule is COc1cc(C=CC(=O)N(CCN(C)C)C2CCC(C)CC2)ccc1O.Cl. The van der Waals surface area contributed by atoms with Gasteiger partial charge in [-0.2, -0.15) is 0 Å². The molecule has 0 radical (unpaired) electrons. The maximum atomic E-state index is 12.9. The Morgan fingerprint density at radius 2 is 1.89 bits per heavy atom. The molecule has 6 heteroatoms. The smallest absolute Gasteiger partial charge is 0.246 e. The van der Waals surface area contributed by atoms with Gasteiger partial charge in [0.1, 0.15) is 0 Å². The van der Waals surface area contributed by atoms with Crippen LogP contribution in [0.25, 0.3) is 6.08 Å². The third kappa shape index (κ3) is 7.07. The molecule has 2 rings (SSSR count). The number of halogens is 1. The topological polar surface area (TPSA) is 53.0 Å². The van der Waals surface area contributed by atoms with Crippen molar-refractivity contribution in [2.24, 2.45) is 5.92 Å². The van der Waals surface area contributed by atoms with Crippen LogP contribution in [0.1, 0.15) is 38.2 Å². The summed E-state index contributed by atoms with van der Waals surface area (Å²) in [5.74, 6) is 1.32. The van der Waals surface area contributed by atoms with E-state index in [1.807, 2.05) is 19.0 Å². The Labute approximate surface area is 169 Å². The van der Waals surface area contributed by atoms with Crippen LogP contribution < -0.4 is 4.74 Å². The van der Waals surface area contributed by atoms with Gasteiger partial charge in [-0.25, -0.2) is 0 Å². The Kier molecular flexibility index (Phi) is 9.67. The fourth-order valence-electron chi connectivity index (χ4n) is 3.40. The van der Waals surface area contributed by atoms with E-state index in [4.69, 9.17) is 4.74 Å². The lowest BCUT2D eigenvalue weighted by Gasteiger charge is -2.36. The van der Waals surface area contributed by atoms with E-state index in [0.717, 1.165) is 37.4 Å². The predicted octanol–water partition coefficient (Wildman–Crippen LogP) is 3.80. The second kappa shape index (κ2) is 11.2. The number of nitrogens with zero attached hydrogens (tertiary/aromatic N) is 2. The zero-order valence-corrected chi connectivity index (χ0v) is 17.7. The summed E-state index contributed by atoms with van der Waals surface area (Å²) in [6, 6.07) is 5.41. The molecular weight excluding hydrogens is 364 g/mol. The van der Waals surface area contributed by atoms with Gasteiger partial charge in [0.2, 0.25) is 5.91 Å². The van der Waals surface area contributed by atoms with Crippen LogP contribution in [0.3, 0.4) is 0 Å². The van der Waals surface area contributed by atoms with Gasteiger partial charge in [0.25, 0.3) is 0 Å². The van der Waals surface area contributed by atoms with Crippen molar-refractivity contribution in [1.29, 1.82) is 0 Å². The van der Waals surface area contributed by atoms with Crippen molar-refractivity contribution < 1.29 is 14.6 Å². The number of phenolic OH excluding ortho intramolecular Hbond substituents is 1. The molecule has 0 saturated heterocycles. The largest absolute Gasteiger partial charge is 0.504 e. The molecule has 1 N–H and O–H groups in total. The number of benzene rings is 1. The fourth-order valence-corrected chi connectivity index (χ4v) is 3.40. The molecule has 0 spiro atoms. The zero-order chi connectivity index (χ0) is 19.1. The number of methoxy groups -OCH3 is 1. The van der Waals surface area contributed by atoms with Crippen LogP contribution in [0.2, 0.25) is 0 Å². The molecule has 1 aromatic rings. The number of phenols is 1. The highest BCUT2D eigenvalue weighted by molar-refractivity contribution is 5.92. The first kappa shape index (κ1) is 23.3. The molecule has 0 aliphatic heterocycles. The van der Waals surface area contributed by atoms with E-state index in [2.05, 4.69) is 11.8 Å². The van der Waals surface area contributed by atoms with Gasteiger partial charge in [-0.3, -0.25) is 4.79 Å². The molecule has 1 saturated carbocycles. The Hall–Kier alpha value is -1.72. The summed E-state index contributed by atoms with van der Waals surface area (Å²) in [4.78, 5) is 17.0. The van der Waals surface area contributed by atoms with Gasteiger partial charge in [0, 0.05) is 25.2 Å². The van der Waals surface area contributed by atoms with Gasteiger partial charge in [0.05, 0.1) is 7.11 Å². The summed E-state index contributed by atoms with van der Waals surface area (Å²) in [6.45, 7) is 3.90. The van der Waals surface area contributed by atoms with Gasteiger partial charge in [-0.1, -0.05) is 13.0 Å². The second-order valence-corrected chi connectivity index (χ2v) is 7.51. The number of amides is 1. The predicted molar refractivity (Wildman–Crippen MR) is 113 cm³/mol. The molecular formula is C21H33ClN2O3. The molecule has 5 nitrogen and oxygen atoms in total. The highest BCUT2D eigenvalue weighted by Gasteiger charge is 2.26. The summed E-state index contributed by atoms with van der Waals surface area (Å²) in [6.07, 6.45) is 7.98. The molecule has 0 aromatic heterocycles. The van der Waals surface area contributed by atoms with Crippen molar-refractivity contribution in [2.75, 3.05) is 34.3 Å². The lowest BCUT2D eigenvalue weighted by Crippen LogP contribution is -2.44. The average Bonchev–Trinajstić information content (AvgIpc) is 2.62. The third-order valence-corrected chi connectivity index (χ3v) is 5.12. The van der Waals surface area contributed by atoms with E-state index >= 15 is 0 Å². The van der Waals surface area contributed by atoms with Crippen LogP contribution in [0.5, 0.6) is 11.5 Å². The minimum atomic E-state index is 0. The van der Waals surface area contributed by atoms with Crippen molar-refractivity contribution in [2.45, 2.75) is 38.6 Å². The number of hydrogen-bond acceptors (Lipinski definition) is 4. The number of aromatic hydroxyl groups is 1. The Bertz CT molecular complexity index is 626. The molecule has 1 fully saturated rings. The number of carbonyl (C=O) groups excluding carboxylic acids is 1. The lowest BCUT2D eigenvalue weighted by atomic mass is 9.86. The summed E-state index contributed by atoms with van der Waals surface area (Å²) >= 11 is 0. The minimum absolute atomic E-state index is 0. The third-order valence-electron chi connectivity index (χ3n) is 5.12. The van der Waals surface area contributed by atoms with Crippen molar-refractivity contribution in [1.82, 2.24) is 9.80 Å². The average molecular weight is 397 g/mol. The van der Waals surface area contributed by atoms with Crippen molar-refractivity contribution >= 4 is 24.4 Å². The van der Waals surface area contributed by atoms with Gasteiger partial charge in [0.15, 0.2) is 11.5 Å². The first-order valence-corrected chi connectivity index (χ1v) is 9.41. The van der Waals surface area contributed by atoms with Crippen molar-refractivity contribution in [3.63, 3.8) is 0 Å². The Balaban J connectivity index is 0.00000364. The van der Waals surface area contributed by atoms with Crippen LogP contribution in [0.4, 0.5) is 0 Å². The Morgan fingerprint density at radius 1 is 1.22 bits per heavy atom.